The second-order valence-electron chi connectivity index (χ2n) is 4.91. The van der Waals surface area contributed by atoms with Gasteiger partial charge in [-0.05, 0) is 26.3 Å². The second-order valence-corrected chi connectivity index (χ2v) is 4.91. The van der Waals surface area contributed by atoms with Gasteiger partial charge in [0.05, 0.1) is 6.42 Å². The van der Waals surface area contributed by atoms with Crippen molar-refractivity contribution >= 4 is 11.9 Å². The standard InChI is InChI=1S/C13H18N2O2/c1-13(2,3)15-12(17)14-11(16)9-10-7-5-4-6-8-10/h4-8H,9H2,1-3H3,(H2,14,15,16,17). The van der Waals surface area contributed by atoms with Crippen LogP contribution in [0.3, 0.4) is 0 Å². The van der Waals surface area contributed by atoms with Gasteiger partial charge in [-0.15, -0.1) is 0 Å². The average Bonchev–Trinajstić information content (AvgIpc) is 2.15. The third-order valence-electron chi connectivity index (χ3n) is 1.95. The first-order valence-corrected chi connectivity index (χ1v) is 5.53. The van der Waals surface area contributed by atoms with Crippen LogP contribution < -0.4 is 10.6 Å². The van der Waals surface area contributed by atoms with Gasteiger partial charge in [-0.25, -0.2) is 4.79 Å². The number of benzene rings is 1. The van der Waals surface area contributed by atoms with Crippen molar-refractivity contribution < 1.29 is 9.59 Å². The first-order valence-electron chi connectivity index (χ1n) is 5.53. The number of urea groups is 1. The molecule has 0 bridgehead atoms. The van der Waals surface area contributed by atoms with Crippen molar-refractivity contribution in [3.05, 3.63) is 35.9 Å². The highest BCUT2D eigenvalue weighted by Gasteiger charge is 2.15. The molecule has 0 aromatic heterocycles. The van der Waals surface area contributed by atoms with Crippen molar-refractivity contribution in [3.63, 3.8) is 0 Å². The van der Waals surface area contributed by atoms with E-state index in [1.165, 1.54) is 0 Å². The molecule has 0 spiro atoms. The van der Waals surface area contributed by atoms with E-state index in [1.807, 2.05) is 51.1 Å². The van der Waals surface area contributed by atoms with E-state index < -0.39 is 6.03 Å². The largest absolute Gasteiger partial charge is 0.333 e. The fourth-order valence-electron chi connectivity index (χ4n) is 1.32. The monoisotopic (exact) mass is 234 g/mol. The molecule has 0 atom stereocenters. The van der Waals surface area contributed by atoms with Gasteiger partial charge in [-0.2, -0.15) is 0 Å². The van der Waals surface area contributed by atoms with Crippen molar-refractivity contribution in [2.45, 2.75) is 32.7 Å². The Kier molecular flexibility index (Phi) is 4.26. The topological polar surface area (TPSA) is 58.2 Å². The summed E-state index contributed by atoms with van der Waals surface area (Å²) in [5.74, 6) is -0.307. The first kappa shape index (κ1) is 13.2. The van der Waals surface area contributed by atoms with Gasteiger partial charge >= 0.3 is 6.03 Å². The minimum absolute atomic E-state index is 0.207. The van der Waals surface area contributed by atoms with E-state index in [2.05, 4.69) is 10.6 Å². The van der Waals surface area contributed by atoms with Gasteiger partial charge < -0.3 is 5.32 Å². The van der Waals surface area contributed by atoms with E-state index >= 15 is 0 Å². The Bertz CT molecular complexity index is 394. The summed E-state index contributed by atoms with van der Waals surface area (Å²) in [5, 5.41) is 4.96. The van der Waals surface area contributed by atoms with Gasteiger partial charge in [0.2, 0.25) is 5.91 Å². The number of hydrogen-bond donors (Lipinski definition) is 2. The number of nitrogens with one attached hydrogen (secondary N) is 2. The van der Waals surface area contributed by atoms with E-state index in [4.69, 9.17) is 0 Å². The van der Waals surface area contributed by atoms with E-state index in [1.54, 1.807) is 0 Å². The molecular weight excluding hydrogens is 216 g/mol. The van der Waals surface area contributed by atoms with Crippen LogP contribution in [-0.2, 0) is 11.2 Å². The molecule has 0 saturated heterocycles. The summed E-state index contributed by atoms with van der Waals surface area (Å²) in [7, 11) is 0. The van der Waals surface area contributed by atoms with Crippen LogP contribution in [-0.4, -0.2) is 17.5 Å². The van der Waals surface area contributed by atoms with E-state index in [9.17, 15) is 9.59 Å². The molecule has 92 valence electrons. The zero-order chi connectivity index (χ0) is 12.9. The lowest BCUT2D eigenvalue weighted by Crippen LogP contribution is -2.48. The average molecular weight is 234 g/mol. The molecule has 0 heterocycles. The number of imide groups is 1. The van der Waals surface area contributed by atoms with Crippen LogP contribution >= 0.6 is 0 Å². The number of rotatable bonds is 2. The summed E-state index contributed by atoms with van der Waals surface area (Å²) in [4.78, 5) is 23.0. The highest BCUT2D eigenvalue weighted by molar-refractivity contribution is 5.95. The molecule has 0 aliphatic rings. The summed E-state index contributed by atoms with van der Waals surface area (Å²) >= 11 is 0. The van der Waals surface area contributed by atoms with Crippen LogP contribution in [0.15, 0.2) is 30.3 Å². The Hall–Kier alpha value is -1.84. The summed E-state index contributed by atoms with van der Waals surface area (Å²) in [6.45, 7) is 5.57. The Balaban J connectivity index is 2.43. The highest BCUT2D eigenvalue weighted by atomic mass is 16.2. The highest BCUT2D eigenvalue weighted by Crippen LogP contribution is 2.00. The summed E-state index contributed by atoms with van der Waals surface area (Å²) in [6.07, 6.45) is 0.207. The maximum atomic E-state index is 11.5. The van der Waals surface area contributed by atoms with Gasteiger partial charge in [-0.3, -0.25) is 10.1 Å². The molecule has 0 aliphatic heterocycles. The Morgan fingerprint density at radius 2 is 1.71 bits per heavy atom. The molecule has 1 rings (SSSR count). The molecule has 4 heteroatoms. The molecule has 0 unspecified atom stereocenters. The minimum atomic E-state index is -0.460. The van der Waals surface area contributed by atoms with Gasteiger partial charge in [0.15, 0.2) is 0 Å². The molecule has 1 aromatic rings. The van der Waals surface area contributed by atoms with E-state index in [-0.39, 0.29) is 17.9 Å². The SMILES string of the molecule is CC(C)(C)NC(=O)NC(=O)Cc1ccccc1. The predicted molar refractivity (Wildman–Crippen MR) is 66.6 cm³/mol. The Morgan fingerprint density at radius 3 is 2.24 bits per heavy atom. The number of hydrogen-bond acceptors (Lipinski definition) is 2. The van der Waals surface area contributed by atoms with Gasteiger partial charge in [0, 0.05) is 5.54 Å². The Morgan fingerprint density at radius 1 is 1.12 bits per heavy atom. The predicted octanol–water partition coefficient (Wildman–Crippen LogP) is 1.85. The molecule has 1 aromatic carbocycles. The second kappa shape index (κ2) is 5.48. The van der Waals surface area contributed by atoms with E-state index in [0.717, 1.165) is 5.56 Å². The zero-order valence-corrected chi connectivity index (χ0v) is 10.4. The first-order chi connectivity index (χ1) is 7.87. The summed E-state index contributed by atoms with van der Waals surface area (Å²) in [6, 6.07) is 8.84. The van der Waals surface area contributed by atoms with Crippen molar-refractivity contribution in [2.24, 2.45) is 0 Å². The maximum absolute atomic E-state index is 11.5. The van der Waals surface area contributed by atoms with E-state index in [0.29, 0.717) is 0 Å². The molecule has 17 heavy (non-hydrogen) atoms. The Labute approximate surface area is 101 Å². The van der Waals surface area contributed by atoms with Gasteiger partial charge in [-0.1, -0.05) is 30.3 Å². The fourth-order valence-corrected chi connectivity index (χ4v) is 1.32. The third kappa shape index (κ3) is 5.70. The molecule has 0 fully saturated rings. The van der Waals surface area contributed by atoms with Gasteiger partial charge in [0.1, 0.15) is 0 Å². The zero-order valence-electron chi connectivity index (χ0n) is 10.4. The third-order valence-corrected chi connectivity index (χ3v) is 1.95. The number of carbonyl (C=O) groups excluding carboxylic acids is 2. The molecule has 2 N–H and O–H groups in total. The normalized spacial score (nSPS) is 10.8. The molecule has 3 amide bonds. The number of amides is 3. The van der Waals surface area contributed by atoms with Crippen molar-refractivity contribution in [1.82, 2.24) is 10.6 Å². The molecule has 4 nitrogen and oxygen atoms in total. The molecule has 0 aliphatic carbocycles. The summed E-state index contributed by atoms with van der Waals surface area (Å²) < 4.78 is 0. The van der Waals surface area contributed by atoms with Crippen LogP contribution in [0.1, 0.15) is 26.3 Å². The quantitative estimate of drug-likeness (QED) is 0.820. The van der Waals surface area contributed by atoms with Crippen LogP contribution in [0.25, 0.3) is 0 Å². The molecular formula is C13H18N2O2. The number of carbonyl (C=O) groups is 2. The lowest BCUT2D eigenvalue weighted by atomic mass is 10.1. The van der Waals surface area contributed by atoms with Crippen molar-refractivity contribution in [1.29, 1.82) is 0 Å². The van der Waals surface area contributed by atoms with Crippen molar-refractivity contribution in [3.8, 4) is 0 Å². The van der Waals surface area contributed by atoms with Crippen LogP contribution in [0.5, 0.6) is 0 Å². The smallest absolute Gasteiger partial charge is 0.321 e. The van der Waals surface area contributed by atoms with Crippen molar-refractivity contribution in [2.75, 3.05) is 0 Å². The summed E-state index contributed by atoms with van der Waals surface area (Å²) in [5.41, 5.74) is 0.533. The van der Waals surface area contributed by atoms with Crippen LogP contribution in [0.4, 0.5) is 4.79 Å². The maximum Gasteiger partial charge on any atom is 0.321 e. The lowest BCUT2D eigenvalue weighted by molar-refractivity contribution is -0.119. The fraction of sp³-hybridized carbons (Fsp3) is 0.385. The van der Waals surface area contributed by atoms with Gasteiger partial charge in [0.25, 0.3) is 0 Å². The van der Waals surface area contributed by atoms with Crippen LogP contribution in [0, 0.1) is 0 Å². The van der Waals surface area contributed by atoms with Crippen LogP contribution in [0.2, 0.25) is 0 Å². The lowest BCUT2D eigenvalue weighted by Gasteiger charge is -2.20. The molecule has 0 radical (unpaired) electrons. The molecule has 0 saturated carbocycles. The minimum Gasteiger partial charge on any atom is -0.333 e.